The second-order valence-corrected chi connectivity index (χ2v) is 11.6. The second kappa shape index (κ2) is 14.3. The number of carbonyl (C=O) groups excluding carboxylic acids is 1. The smallest absolute Gasteiger partial charge is 0.251 e. The average Bonchev–Trinajstić information content (AvgIpc) is 3.09. The van der Waals surface area contributed by atoms with Crippen molar-refractivity contribution in [1.29, 1.82) is 0 Å². The van der Waals surface area contributed by atoms with Gasteiger partial charge in [0.05, 0.1) is 28.0 Å². The number of hydrogen-bond acceptors (Lipinski definition) is 3. The number of carbonyl (C=O) groups is 1. The number of halogens is 2. The van der Waals surface area contributed by atoms with Gasteiger partial charge in [-0.25, -0.2) is 0 Å². The van der Waals surface area contributed by atoms with Crippen LogP contribution in [0.5, 0.6) is 0 Å². The minimum Gasteiger partial charge on any atom is -0.352 e. The van der Waals surface area contributed by atoms with Gasteiger partial charge in [0.25, 0.3) is 5.91 Å². The summed E-state index contributed by atoms with van der Waals surface area (Å²) in [7, 11) is 0. The molecular formula is C30H41Cl2N4O2+. The Hall–Kier alpha value is -2.15. The van der Waals surface area contributed by atoms with Gasteiger partial charge in [0.2, 0.25) is 6.04 Å². The summed E-state index contributed by atoms with van der Waals surface area (Å²) in [6.45, 7) is 7.35. The van der Waals surface area contributed by atoms with Crippen LogP contribution >= 0.6 is 23.2 Å². The standard InChI is InChI=1S/C30H40Cl2N4O2/c1-2-24(25-9-5-3-6-10-25)22-35-18-13-23(21-33-30(37)26-11-12-28(31)29(32)20-26)19-27(36(35)38)14-17-34-15-7-4-8-16-34/h3,5-6,9-12,20,23-24,27H,2,4,7-8,13-19,21-22H2,1H3/p+1/t23-,24+,27+/m0/s1. The summed E-state index contributed by atoms with van der Waals surface area (Å²) in [6.07, 6.45) is 7.27. The van der Waals surface area contributed by atoms with Gasteiger partial charge in [0.15, 0.2) is 0 Å². The summed E-state index contributed by atoms with van der Waals surface area (Å²) in [4.78, 5) is 30.4. The van der Waals surface area contributed by atoms with E-state index >= 15 is 0 Å². The minimum absolute atomic E-state index is 0.0976. The van der Waals surface area contributed by atoms with Crippen LogP contribution in [0.2, 0.25) is 10.0 Å². The maximum absolute atomic E-state index is 13.8. The van der Waals surface area contributed by atoms with E-state index in [4.69, 9.17) is 23.2 Å². The monoisotopic (exact) mass is 559 g/mol. The quantitative estimate of drug-likeness (QED) is 0.334. The second-order valence-electron chi connectivity index (χ2n) is 10.8. The first kappa shape index (κ1) is 28.8. The number of piperidine rings is 1. The molecule has 2 heterocycles. The Morgan fingerprint density at radius 1 is 1.05 bits per heavy atom. The van der Waals surface area contributed by atoms with Crippen LogP contribution in [0.4, 0.5) is 0 Å². The molecule has 1 amide bonds. The number of hydrogen-bond donors (Lipinski definition) is 1. The van der Waals surface area contributed by atoms with Crippen LogP contribution < -0.4 is 5.32 Å². The molecule has 2 aliphatic heterocycles. The lowest BCUT2D eigenvalue weighted by atomic mass is 9.95. The molecule has 2 aromatic carbocycles. The van der Waals surface area contributed by atoms with Gasteiger partial charge in [-0.2, -0.15) is 0 Å². The Kier molecular flexibility index (Phi) is 10.9. The molecule has 0 saturated carbocycles. The lowest BCUT2D eigenvalue weighted by Crippen LogP contribution is -2.43. The van der Waals surface area contributed by atoms with Crippen LogP contribution in [0.15, 0.2) is 48.5 Å². The van der Waals surface area contributed by atoms with Gasteiger partial charge >= 0.3 is 0 Å². The molecule has 0 radical (unpaired) electrons. The van der Waals surface area contributed by atoms with Gasteiger partial charge in [-0.1, -0.05) is 66.9 Å². The maximum atomic E-state index is 13.8. The minimum atomic E-state index is -0.163. The molecule has 0 spiro atoms. The predicted molar refractivity (Wildman–Crippen MR) is 155 cm³/mol. The fourth-order valence-corrected chi connectivity index (χ4v) is 6.08. The molecule has 8 heteroatoms. The molecule has 0 bridgehead atoms. The molecule has 206 valence electrons. The summed E-state index contributed by atoms with van der Waals surface area (Å²) in [6, 6.07) is 15.3. The Morgan fingerprint density at radius 2 is 1.82 bits per heavy atom. The van der Waals surface area contributed by atoms with Gasteiger partial charge in [0, 0.05) is 37.4 Å². The zero-order valence-corrected chi connectivity index (χ0v) is 24.0. The Balaban J connectivity index is 1.43. The number of nitrogens with one attached hydrogen (secondary N) is 1. The number of benzene rings is 2. The lowest BCUT2D eigenvalue weighted by Gasteiger charge is -2.27. The summed E-state index contributed by atoms with van der Waals surface area (Å²) in [5.41, 5.74) is 1.78. The van der Waals surface area contributed by atoms with E-state index in [-0.39, 0.29) is 17.9 Å². The third-order valence-electron chi connectivity index (χ3n) is 8.15. The fraction of sp³-hybridized carbons (Fsp3) is 0.567. The lowest BCUT2D eigenvalue weighted by molar-refractivity contribution is -0.734. The normalized spacial score (nSPS) is 21.7. The number of nitrogens with zero attached hydrogens (tertiary/aromatic N) is 3. The van der Waals surface area contributed by atoms with Gasteiger partial charge in [-0.15, -0.1) is 5.01 Å². The molecule has 3 atom stereocenters. The number of amides is 1. The highest BCUT2D eigenvalue weighted by atomic mass is 35.5. The zero-order valence-electron chi connectivity index (χ0n) is 22.5. The van der Waals surface area contributed by atoms with Crippen LogP contribution in [0.25, 0.3) is 0 Å². The number of rotatable bonds is 10. The van der Waals surface area contributed by atoms with Crippen LogP contribution in [0.1, 0.15) is 73.7 Å². The Morgan fingerprint density at radius 3 is 2.53 bits per heavy atom. The molecular weight excluding hydrogens is 519 g/mol. The molecule has 1 N–H and O–H groups in total. The van der Waals surface area contributed by atoms with E-state index in [2.05, 4.69) is 41.4 Å². The van der Waals surface area contributed by atoms with E-state index in [1.54, 1.807) is 18.2 Å². The van der Waals surface area contributed by atoms with E-state index in [1.165, 1.54) is 29.7 Å². The largest absolute Gasteiger partial charge is 0.352 e. The van der Waals surface area contributed by atoms with Gasteiger partial charge < -0.3 is 10.2 Å². The predicted octanol–water partition coefficient (Wildman–Crippen LogP) is 6.57. The van der Waals surface area contributed by atoms with Crippen molar-refractivity contribution in [2.75, 3.05) is 39.3 Å². The van der Waals surface area contributed by atoms with Crippen LogP contribution in [0, 0.1) is 10.8 Å². The van der Waals surface area contributed by atoms with E-state index in [1.807, 2.05) is 11.1 Å². The topological polar surface area (TPSA) is 55.7 Å². The SMILES string of the molecule is CC[C@H](CN1CC[C@H](CNC(=O)c2ccc(Cl)c(Cl)c2)C[C@@H](CCN2CCCCC2)[N+]1=O)c1ccccc1. The van der Waals surface area contributed by atoms with E-state index in [0.717, 1.165) is 45.3 Å². The summed E-state index contributed by atoms with van der Waals surface area (Å²) >= 11 is 12.1. The van der Waals surface area contributed by atoms with Crippen molar-refractivity contribution in [2.24, 2.45) is 5.92 Å². The number of likely N-dealkylation sites (tertiary alicyclic amines) is 1. The van der Waals surface area contributed by atoms with Crippen LogP contribution in [0.3, 0.4) is 0 Å². The van der Waals surface area contributed by atoms with Crippen molar-refractivity contribution in [3.05, 3.63) is 74.6 Å². The van der Waals surface area contributed by atoms with Crippen LogP contribution in [-0.4, -0.2) is 66.0 Å². The third-order valence-corrected chi connectivity index (χ3v) is 8.89. The van der Waals surface area contributed by atoms with E-state index < -0.39 is 0 Å². The van der Waals surface area contributed by atoms with Gasteiger partial charge in [-0.3, -0.25) is 4.79 Å². The summed E-state index contributed by atoms with van der Waals surface area (Å²) in [5.74, 6) is 0.372. The number of hydrazine groups is 1. The van der Waals surface area contributed by atoms with Gasteiger partial charge in [0.1, 0.15) is 4.87 Å². The van der Waals surface area contributed by atoms with Crippen molar-refractivity contribution >= 4 is 29.1 Å². The third kappa shape index (κ3) is 7.93. The van der Waals surface area contributed by atoms with E-state index in [0.29, 0.717) is 41.2 Å². The highest BCUT2D eigenvalue weighted by molar-refractivity contribution is 6.42. The van der Waals surface area contributed by atoms with Crippen molar-refractivity contribution in [3.63, 3.8) is 0 Å². The molecule has 0 aliphatic carbocycles. The fourth-order valence-electron chi connectivity index (χ4n) is 5.78. The molecule has 2 aliphatic rings. The van der Waals surface area contributed by atoms with Crippen molar-refractivity contribution in [1.82, 2.24) is 15.2 Å². The number of nitroso groups, excluding NO2 is 1. The highest BCUT2D eigenvalue weighted by Crippen LogP contribution is 2.27. The molecule has 0 unspecified atom stereocenters. The molecule has 38 heavy (non-hydrogen) atoms. The van der Waals surface area contributed by atoms with Crippen LogP contribution in [-0.2, 0) is 0 Å². The first-order chi connectivity index (χ1) is 18.4. The van der Waals surface area contributed by atoms with E-state index in [9.17, 15) is 9.70 Å². The highest BCUT2D eigenvalue weighted by Gasteiger charge is 2.39. The summed E-state index contributed by atoms with van der Waals surface area (Å²) < 4.78 is 0. The first-order valence-corrected chi connectivity index (χ1v) is 14.9. The molecule has 2 saturated heterocycles. The van der Waals surface area contributed by atoms with Gasteiger partial charge in [-0.05, 0) is 68.5 Å². The average molecular weight is 561 g/mol. The van der Waals surface area contributed by atoms with Crippen molar-refractivity contribution < 1.29 is 9.66 Å². The molecule has 2 fully saturated rings. The molecule has 6 nitrogen and oxygen atoms in total. The summed E-state index contributed by atoms with van der Waals surface area (Å²) in [5, 5.41) is 5.92. The first-order valence-electron chi connectivity index (χ1n) is 14.2. The Labute approximate surface area is 237 Å². The van der Waals surface area contributed by atoms with Crippen molar-refractivity contribution in [2.45, 2.75) is 63.8 Å². The molecule has 2 aromatic rings. The Bertz CT molecular complexity index is 1060. The van der Waals surface area contributed by atoms with Crippen molar-refractivity contribution in [3.8, 4) is 0 Å². The maximum Gasteiger partial charge on any atom is 0.251 e. The molecule has 0 aromatic heterocycles. The molecule has 4 rings (SSSR count). The zero-order chi connectivity index (χ0) is 26.9.